The third-order valence-electron chi connectivity index (χ3n) is 5.97. The van der Waals surface area contributed by atoms with Crippen LogP contribution in [0.4, 0.5) is 5.82 Å². The van der Waals surface area contributed by atoms with Gasteiger partial charge in [0.2, 0.25) is 5.91 Å². The summed E-state index contributed by atoms with van der Waals surface area (Å²) in [5.74, 6) is 1.12. The number of likely N-dealkylation sites (tertiary alicyclic amines) is 1. The number of nitriles is 1. The van der Waals surface area contributed by atoms with E-state index >= 15 is 0 Å². The molecule has 1 spiro atoms. The van der Waals surface area contributed by atoms with E-state index in [-0.39, 0.29) is 11.3 Å². The monoisotopic (exact) mass is 375 g/mol. The van der Waals surface area contributed by atoms with Crippen LogP contribution in [0, 0.1) is 16.7 Å². The second-order valence-corrected chi connectivity index (χ2v) is 7.93. The van der Waals surface area contributed by atoms with Gasteiger partial charge in [0.1, 0.15) is 5.82 Å². The number of anilines is 1. The molecule has 0 aromatic carbocycles. The maximum atomic E-state index is 12.5. The van der Waals surface area contributed by atoms with Crippen LogP contribution < -0.4 is 4.90 Å². The molecule has 1 unspecified atom stereocenters. The van der Waals surface area contributed by atoms with Crippen molar-refractivity contribution in [3.05, 3.63) is 54.0 Å². The largest absolute Gasteiger partial charge is 0.356 e. The molecular formula is C22H25N5O. The average molecular weight is 375 g/mol. The first-order chi connectivity index (χ1) is 13.7. The van der Waals surface area contributed by atoms with Gasteiger partial charge in [-0.05, 0) is 43.5 Å². The number of carbonyl (C=O) groups is 1. The number of hydrogen-bond acceptors (Lipinski definition) is 5. The first kappa shape index (κ1) is 18.4. The Kier molecular flexibility index (Phi) is 5.25. The van der Waals surface area contributed by atoms with Gasteiger partial charge in [0.25, 0.3) is 0 Å². The van der Waals surface area contributed by atoms with Gasteiger partial charge in [-0.1, -0.05) is 6.07 Å². The Hall–Kier alpha value is -2.94. The lowest BCUT2D eigenvalue weighted by atomic mass is 9.73. The summed E-state index contributed by atoms with van der Waals surface area (Å²) in [5.41, 5.74) is 1.78. The number of amides is 1. The van der Waals surface area contributed by atoms with Crippen molar-refractivity contribution in [3.63, 3.8) is 0 Å². The molecule has 2 fully saturated rings. The van der Waals surface area contributed by atoms with E-state index in [4.69, 9.17) is 0 Å². The molecule has 6 nitrogen and oxygen atoms in total. The zero-order chi connectivity index (χ0) is 19.4. The van der Waals surface area contributed by atoms with Gasteiger partial charge in [-0.15, -0.1) is 0 Å². The number of hydrogen-bond donors (Lipinski definition) is 0. The number of aromatic nitrogens is 2. The summed E-state index contributed by atoms with van der Waals surface area (Å²) in [7, 11) is 0. The van der Waals surface area contributed by atoms with Crippen molar-refractivity contribution in [2.75, 3.05) is 31.1 Å². The molecule has 0 bridgehead atoms. The van der Waals surface area contributed by atoms with Crippen molar-refractivity contribution in [1.82, 2.24) is 14.9 Å². The van der Waals surface area contributed by atoms with Crippen molar-refractivity contribution in [2.45, 2.75) is 32.1 Å². The second kappa shape index (κ2) is 7.97. The molecule has 2 aliphatic rings. The van der Waals surface area contributed by atoms with E-state index < -0.39 is 0 Å². The summed E-state index contributed by atoms with van der Waals surface area (Å²) >= 11 is 0. The van der Waals surface area contributed by atoms with E-state index in [1.165, 1.54) is 0 Å². The molecule has 28 heavy (non-hydrogen) atoms. The van der Waals surface area contributed by atoms with Crippen LogP contribution in [-0.2, 0) is 11.2 Å². The molecule has 2 aromatic heterocycles. The molecule has 0 aliphatic carbocycles. The van der Waals surface area contributed by atoms with Gasteiger partial charge in [-0.25, -0.2) is 4.98 Å². The summed E-state index contributed by atoms with van der Waals surface area (Å²) < 4.78 is 0. The number of nitrogens with zero attached hydrogens (tertiary/aromatic N) is 5. The minimum absolute atomic E-state index is 0.112. The zero-order valence-corrected chi connectivity index (χ0v) is 16.0. The van der Waals surface area contributed by atoms with Crippen LogP contribution in [0.25, 0.3) is 0 Å². The summed E-state index contributed by atoms with van der Waals surface area (Å²) in [5, 5.41) is 9.17. The molecule has 144 valence electrons. The van der Waals surface area contributed by atoms with Gasteiger partial charge in [0, 0.05) is 62.5 Å². The SMILES string of the molecule is N#Cc1ccnc(N2CCCC3(CCC(=O)N(CCc4ccccn4)C3)C2)c1. The highest BCUT2D eigenvalue weighted by Gasteiger charge is 2.41. The minimum atomic E-state index is 0.112. The van der Waals surface area contributed by atoms with Gasteiger partial charge >= 0.3 is 0 Å². The topological polar surface area (TPSA) is 73.1 Å². The van der Waals surface area contributed by atoms with E-state index in [1.54, 1.807) is 18.5 Å². The third kappa shape index (κ3) is 3.99. The predicted octanol–water partition coefficient (Wildman–Crippen LogP) is 2.80. The maximum absolute atomic E-state index is 12.5. The second-order valence-electron chi connectivity index (χ2n) is 7.93. The van der Waals surface area contributed by atoms with Crippen LogP contribution in [0.3, 0.4) is 0 Å². The van der Waals surface area contributed by atoms with Crippen LogP contribution in [-0.4, -0.2) is 47.0 Å². The van der Waals surface area contributed by atoms with Gasteiger partial charge < -0.3 is 9.80 Å². The van der Waals surface area contributed by atoms with Crippen molar-refractivity contribution >= 4 is 11.7 Å². The number of pyridine rings is 2. The first-order valence-corrected chi connectivity index (χ1v) is 9.96. The Morgan fingerprint density at radius 3 is 2.89 bits per heavy atom. The highest BCUT2D eigenvalue weighted by Crippen LogP contribution is 2.40. The molecule has 2 aliphatic heterocycles. The molecule has 1 atom stereocenters. The quantitative estimate of drug-likeness (QED) is 0.822. The molecule has 0 N–H and O–H groups in total. The van der Waals surface area contributed by atoms with E-state index in [2.05, 4.69) is 20.9 Å². The molecule has 4 heterocycles. The van der Waals surface area contributed by atoms with Gasteiger partial charge in [0.05, 0.1) is 11.6 Å². The van der Waals surface area contributed by atoms with E-state index in [1.807, 2.05) is 29.2 Å². The Balaban J connectivity index is 1.45. The fraction of sp³-hybridized carbons (Fsp3) is 0.455. The zero-order valence-electron chi connectivity index (χ0n) is 16.0. The number of carbonyl (C=O) groups excluding carboxylic acids is 1. The lowest BCUT2D eigenvalue weighted by Crippen LogP contribution is -2.54. The minimum Gasteiger partial charge on any atom is -0.356 e. The lowest BCUT2D eigenvalue weighted by molar-refractivity contribution is -0.137. The van der Waals surface area contributed by atoms with Crippen LogP contribution in [0.1, 0.15) is 36.9 Å². The Bertz CT molecular complexity index is 878. The van der Waals surface area contributed by atoms with Gasteiger partial charge in [0.15, 0.2) is 0 Å². The highest BCUT2D eigenvalue weighted by atomic mass is 16.2. The lowest BCUT2D eigenvalue weighted by Gasteiger charge is -2.48. The normalized spacial score (nSPS) is 22.3. The summed E-state index contributed by atoms with van der Waals surface area (Å²) in [6.07, 6.45) is 8.06. The Morgan fingerprint density at radius 1 is 1.14 bits per heavy atom. The first-order valence-electron chi connectivity index (χ1n) is 9.96. The smallest absolute Gasteiger partial charge is 0.222 e. The molecule has 1 amide bonds. The fourth-order valence-corrected chi connectivity index (χ4v) is 4.50. The van der Waals surface area contributed by atoms with Crippen LogP contribution in [0.2, 0.25) is 0 Å². The van der Waals surface area contributed by atoms with Gasteiger partial charge in [-0.3, -0.25) is 9.78 Å². The average Bonchev–Trinajstić information content (AvgIpc) is 2.75. The Labute approximate surface area is 165 Å². The summed E-state index contributed by atoms with van der Waals surface area (Å²) in [6, 6.07) is 11.7. The van der Waals surface area contributed by atoms with Crippen molar-refractivity contribution in [2.24, 2.45) is 5.41 Å². The Morgan fingerprint density at radius 2 is 2.07 bits per heavy atom. The fourth-order valence-electron chi connectivity index (χ4n) is 4.50. The van der Waals surface area contributed by atoms with E-state index in [0.29, 0.717) is 12.0 Å². The molecular weight excluding hydrogens is 350 g/mol. The highest BCUT2D eigenvalue weighted by molar-refractivity contribution is 5.77. The predicted molar refractivity (Wildman–Crippen MR) is 107 cm³/mol. The number of rotatable bonds is 4. The third-order valence-corrected chi connectivity index (χ3v) is 5.97. The molecule has 6 heteroatoms. The standard InChI is InChI=1S/C22H25N5O/c23-15-18-6-11-25-20(14-18)26-12-3-8-22(16-26)9-5-21(28)27(17-22)13-7-19-4-1-2-10-24-19/h1-2,4,6,10-11,14H,3,5,7-9,12-13,16-17H2. The van der Waals surface area contributed by atoms with Gasteiger partial charge in [-0.2, -0.15) is 5.26 Å². The van der Waals surface area contributed by atoms with Crippen molar-refractivity contribution < 1.29 is 4.79 Å². The van der Waals surface area contributed by atoms with Crippen LogP contribution in [0.5, 0.6) is 0 Å². The summed E-state index contributed by atoms with van der Waals surface area (Å²) in [4.78, 5) is 25.7. The van der Waals surface area contributed by atoms with Crippen molar-refractivity contribution in [1.29, 1.82) is 5.26 Å². The molecule has 0 saturated carbocycles. The van der Waals surface area contributed by atoms with E-state index in [0.717, 1.165) is 63.4 Å². The van der Waals surface area contributed by atoms with Crippen molar-refractivity contribution in [3.8, 4) is 6.07 Å². The maximum Gasteiger partial charge on any atom is 0.222 e. The summed E-state index contributed by atoms with van der Waals surface area (Å²) in [6.45, 7) is 3.36. The molecule has 2 aromatic rings. The molecule has 4 rings (SSSR count). The van der Waals surface area contributed by atoms with E-state index in [9.17, 15) is 10.1 Å². The van der Waals surface area contributed by atoms with Crippen LogP contribution in [0.15, 0.2) is 42.7 Å². The molecule has 2 saturated heterocycles. The number of piperidine rings is 2. The molecule has 0 radical (unpaired) electrons. The van der Waals surface area contributed by atoms with Crippen LogP contribution >= 0.6 is 0 Å².